The van der Waals surface area contributed by atoms with E-state index in [-0.39, 0.29) is 0 Å². The fraction of sp³-hybridized carbons (Fsp3) is 0.0833. The summed E-state index contributed by atoms with van der Waals surface area (Å²) in [5.74, 6) is 1.31. The molecule has 0 atom stereocenters. The summed E-state index contributed by atoms with van der Waals surface area (Å²) in [6.45, 7) is 2.03. The van der Waals surface area contributed by atoms with Gasteiger partial charge in [-0.2, -0.15) is 0 Å². The molecule has 0 radical (unpaired) electrons. The Balaban J connectivity index is 2.37. The van der Waals surface area contributed by atoms with Crippen LogP contribution in [-0.4, -0.2) is 11.4 Å². The van der Waals surface area contributed by atoms with Crippen LogP contribution in [0.4, 0.5) is 0 Å². The van der Waals surface area contributed by atoms with Crippen LogP contribution in [0, 0.1) is 6.92 Å². The second-order valence-electron chi connectivity index (χ2n) is 3.32. The molecule has 1 aromatic heterocycles. The average molecular weight is 201 g/mol. The first-order valence-electron chi connectivity index (χ1n) is 4.64. The summed E-state index contributed by atoms with van der Waals surface area (Å²) in [5.41, 5.74) is 2.20. The number of benzene rings is 1. The number of furan rings is 1. The quantitative estimate of drug-likeness (QED) is 0.461. The number of hydrogen-bond donors (Lipinski definition) is 1. The van der Waals surface area contributed by atoms with Crippen LogP contribution >= 0.6 is 0 Å². The molecule has 1 N–H and O–H groups in total. The van der Waals surface area contributed by atoms with E-state index in [1.165, 1.54) is 11.8 Å². The van der Waals surface area contributed by atoms with E-state index in [1.807, 2.05) is 37.3 Å². The molecule has 0 saturated heterocycles. The lowest BCUT2D eigenvalue weighted by Gasteiger charge is -1.97. The summed E-state index contributed by atoms with van der Waals surface area (Å²) in [6.07, 6.45) is 1.26. The van der Waals surface area contributed by atoms with Gasteiger partial charge in [0.05, 0.1) is 0 Å². The lowest BCUT2D eigenvalue weighted by molar-refractivity contribution is 0.321. The molecule has 3 nitrogen and oxygen atoms in total. The highest BCUT2D eigenvalue weighted by Crippen LogP contribution is 2.22. The monoisotopic (exact) mass is 201 g/mol. The van der Waals surface area contributed by atoms with Crippen LogP contribution in [0.1, 0.15) is 11.3 Å². The van der Waals surface area contributed by atoms with Crippen molar-refractivity contribution in [3.8, 4) is 11.3 Å². The van der Waals surface area contributed by atoms with Gasteiger partial charge in [-0.05, 0) is 25.1 Å². The van der Waals surface area contributed by atoms with Crippen LogP contribution in [-0.2, 0) is 0 Å². The highest BCUT2D eigenvalue weighted by molar-refractivity contribution is 5.76. The molecule has 2 aromatic rings. The van der Waals surface area contributed by atoms with Gasteiger partial charge in [0.2, 0.25) is 0 Å². The van der Waals surface area contributed by atoms with Gasteiger partial charge in [-0.1, -0.05) is 28.9 Å². The van der Waals surface area contributed by atoms with Crippen LogP contribution in [0.3, 0.4) is 0 Å². The zero-order valence-corrected chi connectivity index (χ0v) is 8.34. The van der Waals surface area contributed by atoms with Gasteiger partial charge in [0.1, 0.15) is 17.7 Å². The van der Waals surface area contributed by atoms with Crippen molar-refractivity contribution in [1.29, 1.82) is 0 Å². The largest absolute Gasteiger partial charge is 0.455 e. The first-order valence-corrected chi connectivity index (χ1v) is 4.64. The van der Waals surface area contributed by atoms with Crippen molar-refractivity contribution in [3.63, 3.8) is 0 Å². The van der Waals surface area contributed by atoms with Crippen LogP contribution in [0.2, 0.25) is 0 Å². The Morgan fingerprint density at radius 2 is 2.13 bits per heavy atom. The summed E-state index contributed by atoms with van der Waals surface area (Å²) in [5, 5.41) is 11.3. The van der Waals surface area contributed by atoms with Gasteiger partial charge in [0.25, 0.3) is 0 Å². The number of oxime groups is 1. The molecule has 0 aliphatic carbocycles. The predicted octanol–water partition coefficient (Wildman–Crippen LogP) is 3.06. The third-order valence-electron chi connectivity index (χ3n) is 2.11. The smallest absolute Gasteiger partial charge is 0.149 e. The number of rotatable bonds is 2. The summed E-state index contributed by atoms with van der Waals surface area (Å²) in [4.78, 5) is 0. The van der Waals surface area contributed by atoms with Gasteiger partial charge >= 0.3 is 0 Å². The fourth-order valence-corrected chi connectivity index (χ4v) is 1.43. The van der Waals surface area contributed by atoms with Crippen LogP contribution in [0.15, 0.2) is 46.0 Å². The van der Waals surface area contributed by atoms with Gasteiger partial charge < -0.3 is 9.62 Å². The first-order chi connectivity index (χ1) is 7.29. The maximum atomic E-state index is 8.35. The molecule has 0 fully saturated rings. The average Bonchev–Trinajstić information content (AvgIpc) is 2.67. The van der Waals surface area contributed by atoms with Gasteiger partial charge in [-0.3, -0.25) is 0 Å². The number of hydrogen-bond acceptors (Lipinski definition) is 3. The minimum atomic E-state index is 0.536. The zero-order valence-electron chi connectivity index (χ0n) is 8.34. The molecule has 0 aliphatic heterocycles. The maximum absolute atomic E-state index is 8.35. The molecule has 1 heterocycles. The van der Waals surface area contributed by atoms with E-state index in [9.17, 15) is 0 Å². The molecule has 0 bridgehead atoms. The Hall–Kier alpha value is -2.03. The van der Waals surface area contributed by atoms with Crippen molar-refractivity contribution in [1.82, 2.24) is 0 Å². The minimum absolute atomic E-state index is 0.536. The second kappa shape index (κ2) is 4.00. The summed E-state index contributed by atoms with van der Waals surface area (Å²) >= 11 is 0. The van der Waals surface area contributed by atoms with Crippen molar-refractivity contribution < 1.29 is 9.62 Å². The second-order valence-corrected chi connectivity index (χ2v) is 3.32. The molecule has 0 unspecified atom stereocenters. The summed E-state index contributed by atoms with van der Waals surface area (Å²) in [6, 6.07) is 11.6. The van der Waals surface area contributed by atoms with Gasteiger partial charge in [-0.25, -0.2) is 0 Å². The SMILES string of the molecule is Cc1cccc(-c2ccc(C=NO)o2)c1. The molecule has 0 saturated carbocycles. The Morgan fingerprint density at radius 3 is 2.87 bits per heavy atom. The Morgan fingerprint density at radius 1 is 1.27 bits per heavy atom. The molecular formula is C12H11NO2. The van der Waals surface area contributed by atoms with Crippen LogP contribution < -0.4 is 0 Å². The predicted molar refractivity (Wildman–Crippen MR) is 58.3 cm³/mol. The van der Waals surface area contributed by atoms with Crippen molar-refractivity contribution in [2.75, 3.05) is 0 Å². The third kappa shape index (κ3) is 2.07. The fourth-order valence-electron chi connectivity index (χ4n) is 1.43. The minimum Gasteiger partial charge on any atom is -0.455 e. The Bertz CT molecular complexity index is 486. The normalized spacial score (nSPS) is 11.0. The Kier molecular flexibility index (Phi) is 2.54. The highest BCUT2D eigenvalue weighted by atomic mass is 16.4. The van der Waals surface area contributed by atoms with Gasteiger partial charge in [0.15, 0.2) is 0 Å². The van der Waals surface area contributed by atoms with E-state index in [0.29, 0.717) is 5.76 Å². The third-order valence-corrected chi connectivity index (χ3v) is 2.11. The van der Waals surface area contributed by atoms with E-state index in [4.69, 9.17) is 9.62 Å². The van der Waals surface area contributed by atoms with Crippen molar-refractivity contribution in [2.24, 2.45) is 5.16 Å². The van der Waals surface area contributed by atoms with E-state index >= 15 is 0 Å². The molecule has 3 heteroatoms. The molecule has 1 aromatic carbocycles. The topological polar surface area (TPSA) is 45.7 Å². The van der Waals surface area contributed by atoms with Gasteiger partial charge in [0, 0.05) is 5.56 Å². The van der Waals surface area contributed by atoms with Crippen LogP contribution in [0.25, 0.3) is 11.3 Å². The van der Waals surface area contributed by atoms with E-state index in [2.05, 4.69) is 5.16 Å². The molecule has 76 valence electrons. The molecule has 0 amide bonds. The molecular weight excluding hydrogens is 190 g/mol. The van der Waals surface area contributed by atoms with Crippen LogP contribution in [0.5, 0.6) is 0 Å². The van der Waals surface area contributed by atoms with E-state index < -0.39 is 0 Å². The van der Waals surface area contributed by atoms with E-state index in [1.54, 1.807) is 6.07 Å². The zero-order chi connectivity index (χ0) is 10.7. The molecule has 0 spiro atoms. The van der Waals surface area contributed by atoms with Crippen molar-refractivity contribution in [3.05, 3.63) is 47.7 Å². The van der Waals surface area contributed by atoms with E-state index in [0.717, 1.165) is 11.3 Å². The van der Waals surface area contributed by atoms with Crippen molar-refractivity contribution >= 4 is 6.21 Å². The summed E-state index contributed by atoms with van der Waals surface area (Å²) in [7, 11) is 0. The molecule has 15 heavy (non-hydrogen) atoms. The van der Waals surface area contributed by atoms with Gasteiger partial charge in [-0.15, -0.1) is 0 Å². The lowest BCUT2D eigenvalue weighted by atomic mass is 10.1. The van der Waals surface area contributed by atoms with Crippen molar-refractivity contribution in [2.45, 2.75) is 6.92 Å². The summed E-state index contributed by atoms with van der Waals surface area (Å²) < 4.78 is 5.46. The highest BCUT2D eigenvalue weighted by Gasteiger charge is 2.02. The Labute approximate surface area is 87.7 Å². The standard InChI is InChI=1S/C12H11NO2/c1-9-3-2-4-10(7-9)12-6-5-11(15-12)8-13-14/h2-8,14H,1H3. The number of nitrogens with zero attached hydrogens (tertiary/aromatic N) is 1. The lowest BCUT2D eigenvalue weighted by Crippen LogP contribution is -1.76. The molecule has 0 aliphatic rings. The first kappa shape index (κ1) is 9.52. The maximum Gasteiger partial charge on any atom is 0.149 e. The number of aryl methyl sites for hydroxylation is 1. The molecule has 2 rings (SSSR count).